The first-order valence-electron chi connectivity index (χ1n) is 4.04. The highest BCUT2D eigenvalue weighted by Crippen LogP contribution is 2.03. The zero-order chi connectivity index (χ0) is 9.19. The molecule has 0 N–H and O–H groups in total. The molecule has 0 fully saturated rings. The van der Waals surface area contributed by atoms with Crippen molar-refractivity contribution in [3.05, 3.63) is 29.8 Å². The molecule has 0 heterocycles. The Hall–Kier alpha value is -1.07. The molecule has 0 spiro atoms. The van der Waals surface area contributed by atoms with Gasteiger partial charge in [-0.25, -0.2) is 0 Å². The number of rotatable bonds is 1. The minimum absolute atomic E-state index is 0.747. The summed E-state index contributed by atoms with van der Waals surface area (Å²) in [5.74, 6) is 0. The molecule has 1 nitrogen and oxygen atoms in total. The summed E-state index contributed by atoms with van der Waals surface area (Å²) >= 11 is 0. The van der Waals surface area contributed by atoms with Crippen LogP contribution in [0.1, 0.15) is 5.56 Å². The number of hydrogen-bond acceptors (Lipinski definition) is 1. The molecular weight excluding hydrogens is 162 g/mol. The summed E-state index contributed by atoms with van der Waals surface area (Å²) in [7, 11) is -1.18. The van der Waals surface area contributed by atoms with Gasteiger partial charge in [0.1, 0.15) is 0 Å². The first-order chi connectivity index (χ1) is 5.54. The van der Waals surface area contributed by atoms with E-state index in [1.807, 2.05) is 12.1 Å². The first kappa shape index (κ1) is 9.02. The number of nitrogens with zero attached hydrogens (tertiary/aromatic N) is 1. The van der Waals surface area contributed by atoms with Crippen LogP contribution in [0.3, 0.4) is 0 Å². The maximum Gasteiger partial charge on any atom is 0.0991 e. The van der Waals surface area contributed by atoms with Crippen molar-refractivity contribution in [2.45, 2.75) is 19.6 Å². The van der Waals surface area contributed by atoms with E-state index in [2.05, 4.69) is 37.8 Å². The molecular formula is C10H13NSi. The summed E-state index contributed by atoms with van der Waals surface area (Å²) in [6.07, 6.45) is 0. The van der Waals surface area contributed by atoms with Gasteiger partial charge in [-0.15, -0.1) is 0 Å². The van der Waals surface area contributed by atoms with Crippen LogP contribution in [-0.4, -0.2) is 8.07 Å². The summed E-state index contributed by atoms with van der Waals surface area (Å²) in [6.45, 7) is 6.90. The normalized spacial score (nSPS) is 10.8. The summed E-state index contributed by atoms with van der Waals surface area (Å²) in [5.41, 5.74) is 0.747. The summed E-state index contributed by atoms with van der Waals surface area (Å²) in [5, 5.41) is 10.00. The highest BCUT2D eigenvalue weighted by atomic mass is 28.3. The van der Waals surface area contributed by atoms with Gasteiger partial charge in [-0.05, 0) is 12.1 Å². The standard InChI is InChI=1S/C10H13NSi/c1-12(2,3)10-6-4-9(8-11)5-7-10/h4-7H,1-3H3. The lowest BCUT2D eigenvalue weighted by Gasteiger charge is -2.15. The van der Waals surface area contributed by atoms with Gasteiger partial charge in [-0.3, -0.25) is 0 Å². The van der Waals surface area contributed by atoms with Gasteiger partial charge < -0.3 is 0 Å². The van der Waals surface area contributed by atoms with Crippen molar-refractivity contribution < 1.29 is 0 Å². The van der Waals surface area contributed by atoms with E-state index in [1.165, 1.54) is 5.19 Å². The number of hydrogen-bond donors (Lipinski definition) is 0. The molecule has 0 bridgehead atoms. The van der Waals surface area contributed by atoms with E-state index in [-0.39, 0.29) is 0 Å². The van der Waals surface area contributed by atoms with Crippen molar-refractivity contribution in [1.82, 2.24) is 0 Å². The number of benzene rings is 1. The molecule has 0 amide bonds. The largest absolute Gasteiger partial charge is 0.192 e. The van der Waals surface area contributed by atoms with E-state index < -0.39 is 8.07 Å². The molecule has 0 saturated heterocycles. The summed E-state index contributed by atoms with van der Waals surface area (Å²) in [4.78, 5) is 0. The fraction of sp³-hybridized carbons (Fsp3) is 0.300. The molecule has 12 heavy (non-hydrogen) atoms. The molecule has 1 aromatic rings. The fourth-order valence-corrected chi connectivity index (χ4v) is 2.21. The van der Waals surface area contributed by atoms with E-state index in [9.17, 15) is 0 Å². The van der Waals surface area contributed by atoms with Crippen LogP contribution in [0.4, 0.5) is 0 Å². The average Bonchev–Trinajstić information content (AvgIpc) is 2.03. The maximum absolute atomic E-state index is 8.59. The molecule has 1 aromatic carbocycles. The lowest BCUT2D eigenvalue weighted by molar-refractivity contribution is 1.49. The predicted molar refractivity (Wildman–Crippen MR) is 54.1 cm³/mol. The average molecular weight is 175 g/mol. The Bertz CT molecular complexity index is 300. The third-order valence-electron chi connectivity index (χ3n) is 1.88. The first-order valence-corrected chi connectivity index (χ1v) is 7.54. The van der Waals surface area contributed by atoms with E-state index in [0.717, 1.165) is 5.56 Å². The second-order valence-electron chi connectivity index (χ2n) is 3.94. The fourth-order valence-electron chi connectivity index (χ4n) is 1.04. The summed E-state index contributed by atoms with van der Waals surface area (Å²) < 4.78 is 0. The van der Waals surface area contributed by atoms with Gasteiger partial charge in [0.2, 0.25) is 0 Å². The van der Waals surface area contributed by atoms with Gasteiger partial charge in [-0.1, -0.05) is 37.0 Å². The highest BCUT2D eigenvalue weighted by Gasteiger charge is 2.15. The van der Waals surface area contributed by atoms with Crippen LogP contribution in [0.2, 0.25) is 19.6 Å². The number of nitriles is 1. The van der Waals surface area contributed by atoms with Crippen molar-refractivity contribution in [3.63, 3.8) is 0 Å². The minimum atomic E-state index is -1.18. The molecule has 0 aliphatic rings. The van der Waals surface area contributed by atoms with Crippen LogP contribution in [-0.2, 0) is 0 Å². The van der Waals surface area contributed by atoms with Crippen LogP contribution in [0.5, 0.6) is 0 Å². The molecule has 2 heteroatoms. The van der Waals surface area contributed by atoms with Gasteiger partial charge in [0.25, 0.3) is 0 Å². The van der Waals surface area contributed by atoms with E-state index >= 15 is 0 Å². The Labute approximate surface area is 74.7 Å². The lowest BCUT2D eigenvalue weighted by Crippen LogP contribution is -2.37. The lowest BCUT2D eigenvalue weighted by atomic mass is 10.2. The quantitative estimate of drug-likeness (QED) is 0.600. The van der Waals surface area contributed by atoms with Crippen LogP contribution in [0.15, 0.2) is 24.3 Å². The maximum atomic E-state index is 8.59. The predicted octanol–water partition coefficient (Wildman–Crippen LogP) is 2.10. The molecule has 0 saturated carbocycles. The van der Waals surface area contributed by atoms with E-state index in [4.69, 9.17) is 5.26 Å². The van der Waals surface area contributed by atoms with Gasteiger partial charge in [0, 0.05) is 0 Å². The Morgan fingerprint density at radius 1 is 1.08 bits per heavy atom. The minimum Gasteiger partial charge on any atom is -0.192 e. The topological polar surface area (TPSA) is 23.8 Å². The van der Waals surface area contributed by atoms with Gasteiger partial charge >= 0.3 is 0 Å². The van der Waals surface area contributed by atoms with Crippen LogP contribution in [0, 0.1) is 11.3 Å². The Morgan fingerprint density at radius 2 is 1.58 bits per heavy atom. The molecule has 62 valence electrons. The van der Waals surface area contributed by atoms with Gasteiger partial charge in [0.15, 0.2) is 0 Å². The monoisotopic (exact) mass is 175 g/mol. The molecule has 1 rings (SSSR count). The second-order valence-corrected chi connectivity index (χ2v) is 9.02. The van der Waals surface area contributed by atoms with Crippen molar-refractivity contribution in [3.8, 4) is 6.07 Å². The third-order valence-corrected chi connectivity index (χ3v) is 3.95. The Morgan fingerprint density at radius 3 is 1.92 bits per heavy atom. The highest BCUT2D eigenvalue weighted by molar-refractivity contribution is 6.88. The zero-order valence-corrected chi connectivity index (χ0v) is 8.76. The van der Waals surface area contributed by atoms with Crippen molar-refractivity contribution >= 4 is 13.3 Å². The smallest absolute Gasteiger partial charge is 0.0991 e. The van der Waals surface area contributed by atoms with Crippen LogP contribution < -0.4 is 5.19 Å². The SMILES string of the molecule is C[Si](C)(C)c1ccc(C#N)cc1. The van der Waals surface area contributed by atoms with Crippen molar-refractivity contribution in [2.24, 2.45) is 0 Å². The second kappa shape index (κ2) is 3.12. The summed E-state index contributed by atoms with van der Waals surface area (Å²) in [6, 6.07) is 10.1. The van der Waals surface area contributed by atoms with Crippen LogP contribution in [0.25, 0.3) is 0 Å². The molecule has 0 aliphatic heterocycles. The third kappa shape index (κ3) is 1.96. The van der Waals surface area contributed by atoms with E-state index in [0.29, 0.717) is 0 Å². The molecule has 0 aromatic heterocycles. The van der Waals surface area contributed by atoms with Crippen LogP contribution >= 0.6 is 0 Å². The van der Waals surface area contributed by atoms with Gasteiger partial charge in [-0.2, -0.15) is 5.26 Å². The molecule has 0 unspecified atom stereocenters. The Balaban J connectivity index is 3.02. The van der Waals surface area contributed by atoms with Crippen molar-refractivity contribution in [2.75, 3.05) is 0 Å². The molecule has 0 aliphatic carbocycles. The zero-order valence-electron chi connectivity index (χ0n) is 7.76. The van der Waals surface area contributed by atoms with E-state index in [1.54, 1.807) is 0 Å². The van der Waals surface area contributed by atoms with Gasteiger partial charge in [0.05, 0.1) is 19.7 Å². The molecule has 0 radical (unpaired) electrons. The van der Waals surface area contributed by atoms with Crippen molar-refractivity contribution in [1.29, 1.82) is 5.26 Å². The molecule has 0 atom stereocenters. The Kier molecular flexibility index (Phi) is 2.34.